The van der Waals surface area contributed by atoms with Gasteiger partial charge in [0.2, 0.25) is 0 Å². The Morgan fingerprint density at radius 2 is 1.76 bits per heavy atom. The van der Waals surface area contributed by atoms with Gasteiger partial charge in [0, 0.05) is 10.6 Å². The average molecular weight is 364 g/mol. The van der Waals surface area contributed by atoms with Gasteiger partial charge in [-0.3, -0.25) is 9.36 Å². The molecule has 25 heavy (non-hydrogen) atoms. The minimum absolute atomic E-state index is 0.0227. The molecule has 0 aliphatic carbocycles. The van der Waals surface area contributed by atoms with E-state index < -0.39 is 0 Å². The highest BCUT2D eigenvalue weighted by Crippen LogP contribution is 2.23. The van der Waals surface area contributed by atoms with Crippen LogP contribution in [0, 0.1) is 0 Å². The first kappa shape index (κ1) is 16.1. The summed E-state index contributed by atoms with van der Waals surface area (Å²) in [4.78, 5) is 18.9. The Balaban J connectivity index is 1.76. The van der Waals surface area contributed by atoms with Crippen molar-refractivity contribution in [1.29, 1.82) is 0 Å². The molecule has 5 heteroatoms. The van der Waals surface area contributed by atoms with E-state index in [9.17, 15) is 4.79 Å². The second-order valence-electron chi connectivity index (χ2n) is 5.66. The second-order valence-corrected chi connectivity index (χ2v) is 7.63. The van der Waals surface area contributed by atoms with E-state index in [0.29, 0.717) is 11.9 Å². The van der Waals surface area contributed by atoms with Gasteiger partial charge in [0.25, 0.3) is 5.56 Å². The molecule has 0 aliphatic rings. The van der Waals surface area contributed by atoms with E-state index in [1.807, 2.05) is 53.9 Å². The number of hydrogen-bond donors (Lipinski definition) is 0. The highest BCUT2D eigenvalue weighted by atomic mass is 32.2. The molecule has 2 aromatic carbocycles. The Labute approximate surface area is 154 Å². The van der Waals surface area contributed by atoms with Crippen molar-refractivity contribution in [2.24, 2.45) is 0 Å². The van der Waals surface area contributed by atoms with Crippen molar-refractivity contribution in [1.82, 2.24) is 9.55 Å². The zero-order chi connectivity index (χ0) is 17.1. The van der Waals surface area contributed by atoms with Crippen LogP contribution < -0.4 is 5.56 Å². The van der Waals surface area contributed by atoms with E-state index in [2.05, 4.69) is 18.2 Å². The smallest absolute Gasteiger partial charge is 0.262 e. The van der Waals surface area contributed by atoms with Crippen LogP contribution in [-0.4, -0.2) is 9.55 Å². The van der Waals surface area contributed by atoms with Crippen molar-refractivity contribution < 1.29 is 0 Å². The van der Waals surface area contributed by atoms with Gasteiger partial charge in [-0.2, -0.15) is 0 Å². The number of rotatable bonds is 5. The first-order chi connectivity index (χ1) is 12.3. The summed E-state index contributed by atoms with van der Waals surface area (Å²) in [5.41, 5.74) is 2.00. The lowest BCUT2D eigenvalue weighted by Crippen LogP contribution is -2.23. The average Bonchev–Trinajstić information content (AvgIpc) is 3.17. The van der Waals surface area contributed by atoms with Crippen LogP contribution in [0.3, 0.4) is 0 Å². The molecule has 0 aliphatic heterocycles. The minimum Gasteiger partial charge on any atom is -0.282 e. The lowest BCUT2D eigenvalue weighted by molar-refractivity contribution is 0.664. The number of thiophene rings is 1. The van der Waals surface area contributed by atoms with Crippen molar-refractivity contribution in [3.63, 3.8) is 0 Å². The summed E-state index contributed by atoms with van der Waals surface area (Å²) < 4.78 is 1.79. The van der Waals surface area contributed by atoms with Gasteiger partial charge in [-0.1, -0.05) is 60.3 Å². The first-order valence-electron chi connectivity index (χ1n) is 8.00. The summed E-state index contributed by atoms with van der Waals surface area (Å²) in [6.45, 7) is 0.561. The fourth-order valence-corrected chi connectivity index (χ4v) is 4.32. The Hall–Kier alpha value is -2.37. The number of nitrogens with zero attached hydrogens (tertiary/aromatic N) is 2. The van der Waals surface area contributed by atoms with Crippen LogP contribution >= 0.6 is 23.1 Å². The van der Waals surface area contributed by atoms with Crippen LogP contribution in [0.25, 0.3) is 10.9 Å². The lowest BCUT2D eigenvalue weighted by atomic mass is 10.2. The van der Waals surface area contributed by atoms with Gasteiger partial charge in [-0.05, 0) is 29.1 Å². The maximum absolute atomic E-state index is 13.0. The summed E-state index contributed by atoms with van der Waals surface area (Å²) in [6, 6.07) is 21.9. The van der Waals surface area contributed by atoms with Crippen LogP contribution in [0.5, 0.6) is 0 Å². The summed E-state index contributed by atoms with van der Waals surface area (Å²) >= 11 is 3.27. The molecule has 3 nitrogen and oxygen atoms in total. The number of benzene rings is 2. The van der Waals surface area contributed by atoms with Gasteiger partial charge in [0.1, 0.15) is 0 Å². The molecule has 0 saturated carbocycles. The molecule has 0 saturated heterocycles. The standard InChI is InChI=1S/C20H16N2OS2/c23-19-17-10-4-5-11-18(17)21-20(22(19)13-16-9-6-12-24-16)25-14-15-7-2-1-3-8-15/h1-12H,13-14H2. The molecular formula is C20H16N2OS2. The molecule has 4 aromatic rings. The minimum atomic E-state index is 0.0227. The molecule has 4 rings (SSSR count). The predicted molar refractivity (Wildman–Crippen MR) is 105 cm³/mol. The predicted octanol–water partition coefficient (Wildman–Crippen LogP) is 4.80. The highest BCUT2D eigenvalue weighted by Gasteiger charge is 2.12. The fourth-order valence-electron chi connectivity index (χ4n) is 2.68. The van der Waals surface area contributed by atoms with Gasteiger partial charge in [0.05, 0.1) is 17.4 Å². The van der Waals surface area contributed by atoms with Crippen LogP contribution in [0.2, 0.25) is 0 Å². The van der Waals surface area contributed by atoms with E-state index >= 15 is 0 Å². The molecule has 0 bridgehead atoms. The number of hydrogen-bond acceptors (Lipinski definition) is 4. The SMILES string of the molecule is O=c1c2ccccc2nc(SCc2ccccc2)n1Cc1cccs1. The van der Waals surface area contributed by atoms with E-state index in [1.54, 1.807) is 27.7 Å². The van der Waals surface area contributed by atoms with E-state index in [4.69, 9.17) is 4.98 Å². The van der Waals surface area contributed by atoms with E-state index in [0.717, 1.165) is 21.3 Å². The third kappa shape index (κ3) is 3.52. The number of thioether (sulfide) groups is 1. The Kier molecular flexibility index (Phi) is 4.68. The van der Waals surface area contributed by atoms with Gasteiger partial charge < -0.3 is 0 Å². The summed E-state index contributed by atoms with van der Waals surface area (Å²) in [7, 11) is 0. The molecule has 124 valence electrons. The number of fused-ring (bicyclic) bond motifs is 1. The van der Waals surface area contributed by atoms with Gasteiger partial charge in [-0.15, -0.1) is 11.3 Å². The molecule has 0 spiro atoms. The molecule has 0 radical (unpaired) electrons. The molecule has 0 atom stereocenters. The summed E-state index contributed by atoms with van der Waals surface area (Å²) in [5, 5.41) is 3.47. The van der Waals surface area contributed by atoms with Crippen molar-refractivity contribution in [2.75, 3.05) is 0 Å². The van der Waals surface area contributed by atoms with E-state index in [-0.39, 0.29) is 5.56 Å². The van der Waals surface area contributed by atoms with Crippen molar-refractivity contribution >= 4 is 34.0 Å². The molecule has 2 heterocycles. The third-order valence-electron chi connectivity index (χ3n) is 3.93. The monoisotopic (exact) mass is 364 g/mol. The fraction of sp³-hybridized carbons (Fsp3) is 0.100. The van der Waals surface area contributed by atoms with Crippen LogP contribution in [0.15, 0.2) is 82.1 Å². The number of aromatic nitrogens is 2. The summed E-state index contributed by atoms with van der Waals surface area (Å²) in [6.07, 6.45) is 0. The highest BCUT2D eigenvalue weighted by molar-refractivity contribution is 7.98. The third-order valence-corrected chi connectivity index (χ3v) is 5.84. The number of para-hydroxylation sites is 1. The quantitative estimate of drug-likeness (QED) is 0.377. The van der Waals surface area contributed by atoms with Crippen LogP contribution in [0.4, 0.5) is 0 Å². The van der Waals surface area contributed by atoms with E-state index in [1.165, 1.54) is 5.56 Å². The first-order valence-corrected chi connectivity index (χ1v) is 9.86. The topological polar surface area (TPSA) is 34.9 Å². The molecular weight excluding hydrogens is 348 g/mol. The zero-order valence-corrected chi connectivity index (χ0v) is 15.1. The van der Waals surface area contributed by atoms with Gasteiger partial charge in [0.15, 0.2) is 5.16 Å². The maximum atomic E-state index is 13.0. The summed E-state index contributed by atoms with van der Waals surface area (Å²) in [5.74, 6) is 0.788. The zero-order valence-electron chi connectivity index (χ0n) is 13.5. The Morgan fingerprint density at radius 3 is 2.56 bits per heavy atom. The lowest BCUT2D eigenvalue weighted by Gasteiger charge is -2.12. The largest absolute Gasteiger partial charge is 0.282 e. The van der Waals surface area contributed by atoms with Crippen LogP contribution in [-0.2, 0) is 12.3 Å². The van der Waals surface area contributed by atoms with Gasteiger partial charge in [-0.25, -0.2) is 4.98 Å². The van der Waals surface area contributed by atoms with Crippen molar-refractivity contribution in [3.8, 4) is 0 Å². The van der Waals surface area contributed by atoms with Crippen molar-refractivity contribution in [3.05, 3.63) is 92.9 Å². The van der Waals surface area contributed by atoms with Crippen molar-refractivity contribution in [2.45, 2.75) is 17.5 Å². The second kappa shape index (κ2) is 7.25. The maximum Gasteiger partial charge on any atom is 0.262 e. The molecule has 2 aromatic heterocycles. The molecule has 0 unspecified atom stereocenters. The molecule has 0 amide bonds. The van der Waals surface area contributed by atoms with Gasteiger partial charge >= 0.3 is 0 Å². The van der Waals surface area contributed by atoms with Crippen LogP contribution in [0.1, 0.15) is 10.4 Å². The Bertz CT molecular complexity index is 1040. The normalized spacial score (nSPS) is 11.0. The molecule has 0 fully saturated rings. The molecule has 0 N–H and O–H groups in total. The Morgan fingerprint density at radius 1 is 0.960 bits per heavy atom.